The third-order valence-corrected chi connectivity index (χ3v) is 6.63. The van der Waals surface area contributed by atoms with Crippen LogP contribution in [-0.2, 0) is 30.2 Å². The van der Waals surface area contributed by atoms with Gasteiger partial charge in [0.1, 0.15) is 4.88 Å². The van der Waals surface area contributed by atoms with Crippen molar-refractivity contribution in [3.8, 4) is 0 Å². The van der Waals surface area contributed by atoms with Crippen molar-refractivity contribution in [2.75, 3.05) is 17.7 Å². The number of thioether (sulfide) groups is 1. The predicted molar refractivity (Wildman–Crippen MR) is 123 cm³/mol. The SMILES string of the molecule is CCCn1c(SCC(=O)Nc2nc(C)c(C(=O)OCC)s2)nc2c1c(=O)n(C)c(=O)n2C. The van der Waals surface area contributed by atoms with Gasteiger partial charge in [-0.1, -0.05) is 30.0 Å². The molecule has 0 spiro atoms. The maximum atomic E-state index is 12.7. The second kappa shape index (κ2) is 9.69. The smallest absolute Gasteiger partial charge is 0.350 e. The number of hydrogen-bond acceptors (Lipinski definition) is 9. The Morgan fingerprint density at radius 2 is 1.88 bits per heavy atom. The lowest BCUT2D eigenvalue weighted by molar-refractivity contribution is -0.113. The summed E-state index contributed by atoms with van der Waals surface area (Å²) in [5.74, 6) is -0.803. The van der Waals surface area contributed by atoms with Gasteiger partial charge in [-0.2, -0.15) is 0 Å². The van der Waals surface area contributed by atoms with E-state index >= 15 is 0 Å². The van der Waals surface area contributed by atoms with Gasteiger partial charge in [0, 0.05) is 20.6 Å². The Bertz CT molecular complexity index is 1300. The molecular weight excluding hydrogens is 456 g/mol. The van der Waals surface area contributed by atoms with Crippen LogP contribution in [0.4, 0.5) is 5.13 Å². The molecule has 172 valence electrons. The Morgan fingerprint density at radius 3 is 2.53 bits per heavy atom. The summed E-state index contributed by atoms with van der Waals surface area (Å²) in [5.41, 5.74) is 0.204. The molecule has 1 amide bonds. The van der Waals surface area contributed by atoms with Gasteiger partial charge in [0.05, 0.1) is 18.1 Å². The average Bonchev–Trinajstić information content (AvgIpc) is 3.30. The van der Waals surface area contributed by atoms with E-state index in [4.69, 9.17) is 4.74 Å². The molecule has 1 N–H and O–H groups in total. The highest BCUT2D eigenvalue weighted by Crippen LogP contribution is 2.25. The molecule has 3 aromatic rings. The number of nitrogens with one attached hydrogen (secondary N) is 1. The molecule has 0 radical (unpaired) electrons. The van der Waals surface area contributed by atoms with Gasteiger partial charge in [0.2, 0.25) is 5.91 Å². The summed E-state index contributed by atoms with van der Waals surface area (Å²) in [6.07, 6.45) is 0.742. The fraction of sp³-hybridized carbons (Fsp3) is 0.474. The number of carbonyl (C=O) groups is 2. The molecule has 0 aromatic carbocycles. The lowest BCUT2D eigenvalue weighted by atomic mass is 10.4. The second-order valence-corrected chi connectivity index (χ2v) is 8.86. The van der Waals surface area contributed by atoms with Crippen molar-refractivity contribution in [1.82, 2.24) is 23.7 Å². The summed E-state index contributed by atoms with van der Waals surface area (Å²) in [5, 5.41) is 3.45. The third-order valence-electron chi connectivity index (χ3n) is 4.60. The number of fused-ring (bicyclic) bond motifs is 1. The number of amides is 1. The Kier molecular flexibility index (Phi) is 7.19. The fourth-order valence-corrected chi connectivity index (χ4v) is 4.79. The number of hydrogen-bond donors (Lipinski definition) is 1. The van der Waals surface area contributed by atoms with Crippen molar-refractivity contribution in [1.29, 1.82) is 0 Å². The molecule has 0 saturated heterocycles. The maximum absolute atomic E-state index is 12.7. The minimum atomic E-state index is -0.474. The van der Waals surface area contributed by atoms with Crippen molar-refractivity contribution in [2.24, 2.45) is 14.1 Å². The number of imidazole rings is 1. The van der Waals surface area contributed by atoms with Crippen LogP contribution in [0.5, 0.6) is 0 Å². The van der Waals surface area contributed by atoms with Crippen LogP contribution in [0.25, 0.3) is 11.2 Å². The predicted octanol–water partition coefficient (Wildman–Crippen LogP) is 1.52. The van der Waals surface area contributed by atoms with Gasteiger partial charge < -0.3 is 14.6 Å². The van der Waals surface area contributed by atoms with Gasteiger partial charge in [-0.25, -0.2) is 19.6 Å². The van der Waals surface area contributed by atoms with Gasteiger partial charge >= 0.3 is 11.7 Å². The molecule has 11 nitrogen and oxygen atoms in total. The highest BCUT2D eigenvalue weighted by Gasteiger charge is 2.21. The number of carbonyl (C=O) groups excluding carboxylic acids is 2. The summed E-state index contributed by atoms with van der Waals surface area (Å²) in [4.78, 5) is 58.3. The molecule has 3 aromatic heterocycles. The average molecular weight is 481 g/mol. The quantitative estimate of drug-likeness (QED) is 0.379. The normalized spacial score (nSPS) is 11.2. The largest absolute Gasteiger partial charge is 0.462 e. The number of esters is 1. The molecule has 0 unspecified atom stereocenters. The first kappa shape index (κ1) is 23.7. The van der Waals surface area contributed by atoms with Crippen LogP contribution in [0, 0.1) is 6.92 Å². The molecule has 3 rings (SSSR count). The molecule has 3 heterocycles. The van der Waals surface area contributed by atoms with Crippen LogP contribution in [0.2, 0.25) is 0 Å². The number of ether oxygens (including phenoxy) is 1. The van der Waals surface area contributed by atoms with Gasteiger partial charge in [-0.15, -0.1) is 0 Å². The Hall–Kier alpha value is -2.93. The van der Waals surface area contributed by atoms with Crippen LogP contribution >= 0.6 is 23.1 Å². The molecular formula is C19H24N6O5S2. The van der Waals surface area contributed by atoms with E-state index in [0.717, 1.165) is 34.1 Å². The molecule has 0 aliphatic carbocycles. The number of aromatic nitrogens is 5. The Morgan fingerprint density at radius 1 is 1.16 bits per heavy atom. The van der Waals surface area contributed by atoms with E-state index in [0.29, 0.717) is 32.9 Å². The van der Waals surface area contributed by atoms with E-state index < -0.39 is 17.2 Å². The van der Waals surface area contributed by atoms with E-state index in [9.17, 15) is 19.2 Å². The fourth-order valence-electron chi connectivity index (χ4n) is 3.09. The Balaban J connectivity index is 1.82. The van der Waals surface area contributed by atoms with E-state index in [1.165, 1.54) is 11.6 Å². The number of rotatable bonds is 8. The third kappa shape index (κ3) is 4.48. The molecule has 0 bridgehead atoms. The van der Waals surface area contributed by atoms with Gasteiger partial charge in [-0.05, 0) is 20.3 Å². The van der Waals surface area contributed by atoms with E-state index in [-0.39, 0.29) is 23.9 Å². The number of thiazole rings is 1. The zero-order valence-electron chi connectivity index (χ0n) is 18.4. The monoisotopic (exact) mass is 480 g/mol. The summed E-state index contributed by atoms with van der Waals surface area (Å²) in [6, 6.07) is 0. The van der Waals surface area contributed by atoms with Crippen molar-refractivity contribution < 1.29 is 14.3 Å². The van der Waals surface area contributed by atoms with Gasteiger partial charge in [0.25, 0.3) is 5.56 Å². The topological polar surface area (TPSA) is 130 Å². The van der Waals surface area contributed by atoms with Crippen molar-refractivity contribution >= 4 is 51.3 Å². The van der Waals surface area contributed by atoms with Crippen molar-refractivity contribution in [2.45, 2.75) is 38.9 Å². The van der Waals surface area contributed by atoms with E-state index in [1.807, 2.05) is 6.92 Å². The van der Waals surface area contributed by atoms with E-state index in [2.05, 4.69) is 15.3 Å². The molecule has 0 fully saturated rings. The Labute approximate surface area is 191 Å². The molecule has 0 aliphatic rings. The summed E-state index contributed by atoms with van der Waals surface area (Å²) >= 11 is 2.21. The molecule has 0 aliphatic heterocycles. The first-order valence-corrected chi connectivity index (χ1v) is 11.7. The minimum Gasteiger partial charge on any atom is -0.462 e. The summed E-state index contributed by atoms with van der Waals surface area (Å²) in [6.45, 7) is 6.12. The second-order valence-electron chi connectivity index (χ2n) is 6.91. The van der Waals surface area contributed by atoms with Gasteiger partial charge in [-0.3, -0.25) is 18.7 Å². The number of aryl methyl sites for hydroxylation is 3. The van der Waals surface area contributed by atoms with Gasteiger partial charge in [0.15, 0.2) is 21.5 Å². The van der Waals surface area contributed by atoms with E-state index in [1.54, 1.807) is 25.5 Å². The van der Waals surface area contributed by atoms with Crippen LogP contribution < -0.4 is 16.6 Å². The maximum Gasteiger partial charge on any atom is 0.350 e. The molecule has 32 heavy (non-hydrogen) atoms. The van der Waals surface area contributed by atoms with Crippen LogP contribution in [-0.4, -0.2) is 47.9 Å². The van der Waals surface area contributed by atoms with Crippen molar-refractivity contribution in [3.05, 3.63) is 31.4 Å². The van der Waals surface area contributed by atoms with Crippen LogP contribution in [0.1, 0.15) is 35.6 Å². The highest BCUT2D eigenvalue weighted by atomic mass is 32.2. The standard InChI is InChI=1S/C19H24N6O5S2/c1-6-8-25-12-14(23(4)19(29)24(5)15(12)27)22-18(25)31-9-11(26)21-17-20-10(3)13(32-17)16(28)30-7-2/h6-9H2,1-5H3,(H,20,21,26). The number of nitrogens with zero attached hydrogens (tertiary/aromatic N) is 5. The zero-order valence-corrected chi connectivity index (χ0v) is 20.1. The first-order valence-electron chi connectivity index (χ1n) is 9.92. The minimum absolute atomic E-state index is 0.00860. The summed E-state index contributed by atoms with van der Waals surface area (Å²) in [7, 11) is 2.98. The lowest BCUT2D eigenvalue weighted by Gasteiger charge is -2.07. The number of anilines is 1. The summed E-state index contributed by atoms with van der Waals surface area (Å²) < 4.78 is 9.09. The first-order chi connectivity index (χ1) is 15.2. The molecule has 0 saturated carbocycles. The molecule has 0 atom stereocenters. The van der Waals surface area contributed by atoms with Crippen LogP contribution in [0.3, 0.4) is 0 Å². The van der Waals surface area contributed by atoms with Crippen molar-refractivity contribution in [3.63, 3.8) is 0 Å². The lowest BCUT2D eigenvalue weighted by Crippen LogP contribution is -2.37. The molecule has 13 heteroatoms. The highest BCUT2D eigenvalue weighted by molar-refractivity contribution is 7.99. The van der Waals surface area contributed by atoms with Crippen LogP contribution in [0.15, 0.2) is 14.7 Å². The zero-order chi connectivity index (χ0) is 23.6.